The third-order valence-corrected chi connectivity index (χ3v) is 3.08. The minimum atomic E-state index is -0.577. The fraction of sp³-hybridized carbons (Fsp3) is 0.462. The Balaban J connectivity index is 1.83. The minimum Gasteiger partial charge on any atom is -0.497 e. The van der Waals surface area contributed by atoms with Crippen LogP contribution in [0.25, 0.3) is 0 Å². The SMILES string of the molecule is COc1ccc(C(O)CNC2CNC(=O)C2)cc1. The van der Waals surface area contributed by atoms with Gasteiger partial charge in [0.05, 0.1) is 13.2 Å². The number of ether oxygens (including phenoxy) is 1. The van der Waals surface area contributed by atoms with Crippen molar-refractivity contribution in [3.8, 4) is 5.75 Å². The number of methoxy groups -OCH3 is 1. The van der Waals surface area contributed by atoms with Crippen molar-refractivity contribution in [2.75, 3.05) is 20.2 Å². The first-order valence-electron chi connectivity index (χ1n) is 6.01. The molecule has 0 bridgehead atoms. The molecule has 2 unspecified atom stereocenters. The summed E-state index contributed by atoms with van der Waals surface area (Å²) in [6.45, 7) is 1.07. The number of nitrogens with one attached hydrogen (secondary N) is 2. The van der Waals surface area contributed by atoms with E-state index in [2.05, 4.69) is 10.6 Å². The molecule has 0 spiro atoms. The first kappa shape index (κ1) is 12.9. The Bertz CT molecular complexity index is 405. The molecule has 1 aromatic rings. The molecule has 18 heavy (non-hydrogen) atoms. The number of benzene rings is 1. The summed E-state index contributed by atoms with van der Waals surface area (Å²) in [5.41, 5.74) is 0.834. The Labute approximate surface area is 106 Å². The summed E-state index contributed by atoms with van der Waals surface area (Å²) in [5, 5.41) is 15.9. The lowest BCUT2D eigenvalue weighted by molar-refractivity contribution is -0.119. The van der Waals surface area contributed by atoms with Crippen molar-refractivity contribution in [2.24, 2.45) is 0 Å². The summed E-state index contributed by atoms with van der Waals surface area (Å²) in [5.74, 6) is 0.830. The van der Waals surface area contributed by atoms with Crippen molar-refractivity contribution < 1.29 is 14.6 Å². The molecule has 1 fully saturated rings. The van der Waals surface area contributed by atoms with Gasteiger partial charge in [0, 0.05) is 25.6 Å². The first-order valence-corrected chi connectivity index (χ1v) is 6.01. The second-order valence-corrected chi connectivity index (χ2v) is 4.40. The highest BCUT2D eigenvalue weighted by atomic mass is 16.5. The maximum absolute atomic E-state index is 11.0. The molecule has 1 aromatic carbocycles. The lowest BCUT2D eigenvalue weighted by atomic mass is 10.1. The summed E-state index contributed by atoms with van der Waals surface area (Å²) in [6, 6.07) is 7.43. The Morgan fingerprint density at radius 1 is 1.50 bits per heavy atom. The van der Waals surface area contributed by atoms with E-state index in [0.717, 1.165) is 11.3 Å². The number of carbonyl (C=O) groups is 1. The van der Waals surface area contributed by atoms with E-state index in [1.807, 2.05) is 24.3 Å². The fourth-order valence-corrected chi connectivity index (χ4v) is 1.97. The van der Waals surface area contributed by atoms with Crippen LogP contribution in [0.1, 0.15) is 18.1 Å². The van der Waals surface area contributed by atoms with E-state index in [4.69, 9.17) is 4.74 Å². The number of aliphatic hydroxyl groups is 1. The highest BCUT2D eigenvalue weighted by Crippen LogP contribution is 2.17. The van der Waals surface area contributed by atoms with Crippen molar-refractivity contribution >= 4 is 5.91 Å². The Morgan fingerprint density at radius 2 is 2.22 bits per heavy atom. The molecule has 0 radical (unpaired) electrons. The van der Waals surface area contributed by atoms with Gasteiger partial charge in [0.2, 0.25) is 5.91 Å². The van der Waals surface area contributed by atoms with Crippen molar-refractivity contribution in [2.45, 2.75) is 18.6 Å². The number of hydrogen-bond acceptors (Lipinski definition) is 4. The van der Waals surface area contributed by atoms with Gasteiger partial charge in [-0.1, -0.05) is 12.1 Å². The maximum atomic E-state index is 11.0. The van der Waals surface area contributed by atoms with Gasteiger partial charge < -0.3 is 20.5 Å². The summed E-state index contributed by atoms with van der Waals surface area (Å²) >= 11 is 0. The monoisotopic (exact) mass is 250 g/mol. The average Bonchev–Trinajstić information content (AvgIpc) is 2.82. The van der Waals surface area contributed by atoms with E-state index in [1.165, 1.54) is 0 Å². The van der Waals surface area contributed by atoms with E-state index in [1.54, 1.807) is 7.11 Å². The van der Waals surface area contributed by atoms with Crippen LogP contribution in [-0.2, 0) is 4.79 Å². The summed E-state index contributed by atoms with van der Waals surface area (Å²) in [4.78, 5) is 11.0. The standard InChI is InChI=1S/C13H18N2O3/c1-18-11-4-2-9(3-5-11)12(16)8-14-10-6-13(17)15-7-10/h2-5,10,12,14,16H,6-8H2,1H3,(H,15,17). The molecule has 0 aromatic heterocycles. The predicted molar refractivity (Wildman–Crippen MR) is 67.4 cm³/mol. The lowest BCUT2D eigenvalue weighted by Crippen LogP contribution is -2.34. The summed E-state index contributed by atoms with van der Waals surface area (Å²) < 4.78 is 5.06. The van der Waals surface area contributed by atoms with Gasteiger partial charge in [-0.25, -0.2) is 0 Å². The normalized spacial score (nSPS) is 20.6. The number of carbonyl (C=O) groups excluding carboxylic acids is 1. The quantitative estimate of drug-likeness (QED) is 0.698. The number of aliphatic hydroxyl groups excluding tert-OH is 1. The molecule has 1 aliphatic rings. The predicted octanol–water partition coefficient (Wildman–Crippen LogP) is 0.207. The van der Waals surface area contributed by atoms with Gasteiger partial charge in [0.25, 0.3) is 0 Å². The molecule has 3 N–H and O–H groups in total. The zero-order chi connectivity index (χ0) is 13.0. The van der Waals surface area contributed by atoms with Crippen LogP contribution in [0.3, 0.4) is 0 Å². The molecule has 0 saturated carbocycles. The summed E-state index contributed by atoms with van der Waals surface area (Å²) in [7, 11) is 1.61. The molecule has 0 aliphatic carbocycles. The van der Waals surface area contributed by atoms with E-state index in [-0.39, 0.29) is 11.9 Å². The van der Waals surface area contributed by atoms with Crippen LogP contribution in [0.5, 0.6) is 5.75 Å². The maximum Gasteiger partial charge on any atom is 0.221 e. The van der Waals surface area contributed by atoms with Gasteiger partial charge >= 0.3 is 0 Å². The lowest BCUT2D eigenvalue weighted by Gasteiger charge is -2.15. The molecule has 2 rings (SSSR count). The van der Waals surface area contributed by atoms with Crippen LogP contribution in [0, 0.1) is 0 Å². The van der Waals surface area contributed by atoms with Gasteiger partial charge in [-0.3, -0.25) is 4.79 Å². The third kappa shape index (κ3) is 3.21. The minimum absolute atomic E-state index is 0.0615. The molecule has 98 valence electrons. The molecule has 1 aliphatic heterocycles. The molecule has 5 heteroatoms. The fourth-order valence-electron chi connectivity index (χ4n) is 1.97. The smallest absolute Gasteiger partial charge is 0.221 e. The van der Waals surface area contributed by atoms with E-state index in [0.29, 0.717) is 19.5 Å². The Morgan fingerprint density at radius 3 is 2.78 bits per heavy atom. The van der Waals surface area contributed by atoms with Gasteiger partial charge in [-0.2, -0.15) is 0 Å². The highest BCUT2D eigenvalue weighted by Gasteiger charge is 2.21. The molecule has 5 nitrogen and oxygen atoms in total. The molecular weight excluding hydrogens is 232 g/mol. The van der Waals surface area contributed by atoms with Crippen LogP contribution < -0.4 is 15.4 Å². The zero-order valence-corrected chi connectivity index (χ0v) is 10.3. The zero-order valence-electron chi connectivity index (χ0n) is 10.3. The number of hydrogen-bond donors (Lipinski definition) is 3. The van der Waals surface area contributed by atoms with Crippen LogP contribution in [0.15, 0.2) is 24.3 Å². The second-order valence-electron chi connectivity index (χ2n) is 4.40. The average molecular weight is 250 g/mol. The van der Waals surface area contributed by atoms with E-state index < -0.39 is 6.10 Å². The van der Waals surface area contributed by atoms with Crippen LogP contribution >= 0.6 is 0 Å². The van der Waals surface area contributed by atoms with Crippen molar-refractivity contribution in [3.05, 3.63) is 29.8 Å². The van der Waals surface area contributed by atoms with Crippen molar-refractivity contribution in [3.63, 3.8) is 0 Å². The van der Waals surface area contributed by atoms with Gasteiger partial charge in [0.1, 0.15) is 5.75 Å². The topological polar surface area (TPSA) is 70.6 Å². The second kappa shape index (κ2) is 5.84. The molecule has 1 heterocycles. The molecule has 1 amide bonds. The van der Waals surface area contributed by atoms with E-state index in [9.17, 15) is 9.90 Å². The molecule has 1 saturated heterocycles. The Kier molecular flexibility index (Phi) is 4.17. The Hall–Kier alpha value is -1.59. The largest absolute Gasteiger partial charge is 0.497 e. The number of amides is 1. The third-order valence-electron chi connectivity index (χ3n) is 3.08. The van der Waals surface area contributed by atoms with Gasteiger partial charge in [-0.05, 0) is 17.7 Å². The van der Waals surface area contributed by atoms with Crippen LogP contribution in [0.2, 0.25) is 0 Å². The van der Waals surface area contributed by atoms with Gasteiger partial charge in [-0.15, -0.1) is 0 Å². The summed E-state index contributed by atoms with van der Waals surface area (Å²) in [6.07, 6.45) is -0.0957. The van der Waals surface area contributed by atoms with Crippen LogP contribution in [-0.4, -0.2) is 37.3 Å². The molecular formula is C13H18N2O3. The number of rotatable bonds is 5. The van der Waals surface area contributed by atoms with Crippen molar-refractivity contribution in [1.29, 1.82) is 0 Å². The highest BCUT2D eigenvalue weighted by molar-refractivity contribution is 5.78. The first-order chi connectivity index (χ1) is 8.69. The van der Waals surface area contributed by atoms with Crippen LogP contribution in [0.4, 0.5) is 0 Å². The molecule has 2 atom stereocenters. The van der Waals surface area contributed by atoms with Gasteiger partial charge in [0.15, 0.2) is 0 Å². The van der Waals surface area contributed by atoms with E-state index >= 15 is 0 Å². The van der Waals surface area contributed by atoms with Crippen molar-refractivity contribution in [1.82, 2.24) is 10.6 Å².